The molecule has 82 valence electrons. The topological polar surface area (TPSA) is 69.6 Å². The van der Waals surface area contributed by atoms with Crippen molar-refractivity contribution in [3.63, 3.8) is 0 Å². The number of hydrogen-bond acceptors (Lipinski definition) is 2. The van der Waals surface area contributed by atoms with Gasteiger partial charge in [-0.05, 0) is 20.8 Å². The maximum Gasteiger partial charge on any atom is 0.317 e. The van der Waals surface area contributed by atoms with Crippen LogP contribution in [-0.4, -0.2) is 41.1 Å². The molecule has 0 aromatic heterocycles. The van der Waals surface area contributed by atoms with Gasteiger partial charge in [0.2, 0.25) is 0 Å². The van der Waals surface area contributed by atoms with Crippen LogP contribution in [0.5, 0.6) is 0 Å². The highest BCUT2D eigenvalue weighted by molar-refractivity contribution is 5.75. The zero-order valence-electron chi connectivity index (χ0n) is 9.13. The standard InChI is InChI=1S/C9H18N2O3/c1-9(2,3)10-8(14)11(4)6-5-7(12)13/h5-6H2,1-4H3,(H,10,14)(H,12,13). The molecule has 0 atom stereocenters. The van der Waals surface area contributed by atoms with Gasteiger partial charge in [-0.1, -0.05) is 0 Å². The Labute approximate surface area is 84.1 Å². The number of rotatable bonds is 3. The molecule has 2 amide bonds. The number of nitrogens with one attached hydrogen (secondary N) is 1. The minimum absolute atomic E-state index is 0.0337. The van der Waals surface area contributed by atoms with Crippen LogP contribution < -0.4 is 5.32 Å². The maximum absolute atomic E-state index is 11.4. The van der Waals surface area contributed by atoms with Crippen molar-refractivity contribution in [2.24, 2.45) is 0 Å². The minimum atomic E-state index is -0.902. The smallest absolute Gasteiger partial charge is 0.317 e. The van der Waals surface area contributed by atoms with E-state index in [2.05, 4.69) is 5.32 Å². The molecule has 0 saturated heterocycles. The number of amides is 2. The zero-order chi connectivity index (χ0) is 11.4. The van der Waals surface area contributed by atoms with Gasteiger partial charge in [-0.15, -0.1) is 0 Å². The first-order valence-electron chi connectivity index (χ1n) is 4.47. The molecule has 0 saturated carbocycles. The molecule has 5 heteroatoms. The van der Waals surface area contributed by atoms with E-state index in [0.29, 0.717) is 0 Å². The Hall–Kier alpha value is -1.26. The van der Waals surface area contributed by atoms with Crippen LogP contribution >= 0.6 is 0 Å². The Morgan fingerprint density at radius 3 is 2.21 bits per heavy atom. The molecule has 0 aliphatic rings. The second-order valence-corrected chi connectivity index (χ2v) is 4.25. The molecule has 0 aromatic rings. The molecule has 0 bridgehead atoms. The summed E-state index contributed by atoms with van der Waals surface area (Å²) in [7, 11) is 1.57. The molecule has 0 unspecified atom stereocenters. The first-order chi connectivity index (χ1) is 6.22. The lowest BCUT2D eigenvalue weighted by Gasteiger charge is -2.25. The molecule has 2 N–H and O–H groups in total. The van der Waals surface area contributed by atoms with Gasteiger partial charge >= 0.3 is 12.0 Å². The number of aliphatic carboxylic acids is 1. The molecule has 0 spiro atoms. The minimum Gasteiger partial charge on any atom is -0.481 e. The van der Waals surface area contributed by atoms with Crippen LogP contribution in [0.4, 0.5) is 4.79 Å². The van der Waals surface area contributed by atoms with E-state index in [0.717, 1.165) is 0 Å². The van der Waals surface area contributed by atoms with Crippen molar-refractivity contribution in [1.29, 1.82) is 0 Å². The van der Waals surface area contributed by atoms with Crippen molar-refractivity contribution in [2.75, 3.05) is 13.6 Å². The highest BCUT2D eigenvalue weighted by Crippen LogP contribution is 2.00. The Morgan fingerprint density at radius 1 is 1.36 bits per heavy atom. The molecular weight excluding hydrogens is 184 g/mol. The van der Waals surface area contributed by atoms with Gasteiger partial charge in [-0.25, -0.2) is 4.79 Å². The molecule has 0 heterocycles. The lowest BCUT2D eigenvalue weighted by atomic mass is 10.1. The second-order valence-electron chi connectivity index (χ2n) is 4.25. The number of nitrogens with zero attached hydrogens (tertiary/aromatic N) is 1. The van der Waals surface area contributed by atoms with Crippen molar-refractivity contribution >= 4 is 12.0 Å². The molecule has 0 aliphatic heterocycles. The largest absolute Gasteiger partial charge is 0.481 e. The van der Waals surface area contributed by atoms with Gasteiger partial charge in [-0.2, -0.15) is 0 Å². The zero-order valence-corrected chi connectivity index (χ0v) is 9.13. The lowest BCUT2D eigenvalue weighted by molar-refractivity contribution is -0.137. The molecule has 0 aromatic carbocycles. The van der Waals surface area contributed by atoms with Crippen molar-refractivity contribution in [3.05, 3.63) is 0 Å². The number of urea groups is 1. The van der Waals surface area contributed by atoms with E-state index >= 15 is 0 Å². The van der Waals surface area contributed by atoms with Gasteiger partial charge in [-0.3, -0.25) is 4.79 Å². The fourth-order valence-electron chi connectivity index (χ4n) is 0.781. The molecule has 0 aliphatic carbocycles. The third kappa shape index (κ3) is 6.28. The average Bonchev–Trinajstić information content (AvgIpc) is 1.96. The van der Waals surface area contributed by atoms with Crippen LogP contribution in [0.3, 0.4) is 0 Å². The quantitative estimate of drug-likeness (QED) is 0.714. The second kappa shape index (κ2) is 4.83. The molecular formula is C9H18N2O3. The molecule has 0 fully saturated rings. The van der Waals surface area contributed by atoms with E-state index < -0.39 is 5.97 Å². The lowest BCUT2D eigenvalue weighted by Crippen LogP contribution is -2.47. The third-order valence-electron chi connectivity index (χ3n) is 1.49. The summed E-state index contributed by atoms with van der Waals surface area (Å²) in [6, 6.07) is -0.251. The fourth-order valence-corrected chi connectivity index (χ4v) is 0.781. The van der Waals surface area contributed by atoms with Crippen molar-refractivity contribution in [1.82, 2.24) is 10.2 Å². The number of hydrogen-bond donors (Lipinski definition) is 2. The highest BCUT2D eigenvalue weighted by Gasteiger charge is 2.16. The van der Waals surface area contributed by atoms with Crippen LogP contribution in [-0.2, 0) is 4.79 Å². The maximum atomic E-state index is 11.4. The van der Waals surface area contributed by atoms with E-state index in [1.165, 1.54) is 4.90 Å². The Balaban J connectivity index is 3.94. The van der Waals surface area contributed by atoms with E-state index in [-0.39, 0.29) is 24.5 Å². The first-order valence-corrected chi connectivity index (χ1v) is 4.47. The summed E-state index contributed by atoms with van der Waals surface area (Å²) in [5, 5.41) is 11.2. The molecule has 5 nitrogen and oxygen atoms in total. The fraction of sp³-hybridized carbons (Fsp3) is 0.778. The average molecular weight is 202 g/mol. The number of carboxylic acids is 1. The van der Waals surface area contributed by atoms with Crippen molar-refractivity contribution in [3.8, 4) is 0 Å². The van der Waals surface area contributed by atoms with Crippen LogP contribution in [0, 0.1) is 0 Å². The van der Waals surface area contributed by atoms with Crippen LogP contribution in [0.15, 0.2) is 0 Å². The van der Waals surface area contributed by atoms with Gasteiger partial charge in [0.1, 0.15) is 0 Å². The number of carbonyl (C=O) groups is 2. The van der Waals surface area contributed by atoms with Crippen molar-refractivity contribution in [2.45, 2.75) is 32.7 Å². The number of carbonyl (C=O) groups excluding carboxylic acids is 1. The summed E-state index contributed by atoms with van der Waals surface area (Å²) in [5.74, 6) is -0.902. The Kier molecular flexibility index (Phi) is 4.40. The van der Waals surface area contributed by atoms with Crippen LogP contribution in [0.25, 0.3) is 0 Å². The highest BCUT2D eigenvalue weighted by atomic mass is 16.4. The summed E-state index contributed by atoms with van der Waals surface area (Å²) >= 11 is 0. The molecule has 0 radical (unpaired) electrons. The van der Waals surface area contributed by atoms with E-state index in [9.17, 15) is 9.59 Å². The van der Waals surface area contributed by atoms with E-state index in [1.54, 1.807) is 7.05 Å². The number of carboxylic acid groups (broad SMARTS) is 1. The van der Waals surface area contributed by atoms with E-state index in [1.807, 2.05) is 20.8 Å². The summed E-state index contributed by atoms with van der Waals surface area (Å²) in [6.07, 6.45) is -0.0337. The monoisotopic (exact) mass is 202 g/mol. The first kappa shape index (κ1) is 12.7. The Morgan fingerprint density at radius 2 is 1.86 bits per heavy atom. The van der Waals surface area contributed by atoms with Crippen LogP contribution in [0.1, 0.15) is 27.2 Å². The Bertz CT molecular complexity index is 221. The van der Waals surface area contributed by atoms with Gasteiger partial charge in [0.05, 0.1) is 6.42 Å². The third-order valence-corrected chi connectivity index (χ3v) is 1.49. The van der Waals surface area contributed by atoms with Crippen molar-refractivity contribution < 1.29 is 14.7 Å². The summed E-state index contributed by atoms with van der Waals surface area (Å²) < 4.78 is 0. The van der Waals surface area contributed by atoms with Gasteiger partial charge < -0.3 is 15.3 Å². The predicted octanol–water partition coefficient (Wildman–Crippen LogP) is 0.901. The summed E-state index contributed by atoms with van der Waals surface area (Å²) in [4.78, 5) is 23.0. The van der Waals surface area contributed by atoms with Gasteiger partial charge in [0, 0.05) is 19.1 Å². The van der Waals surface area contributed by atoms with Gasteiger partial charge in [0.25, 0.3) is 0 Å². The predicted molar refractivity (Wildman–Crippen MR) is 53.2 cm³/mol. The normalized spacial score (nSPS) is 10.9. The molecule has 14 heavy (non-hydrogen) atoms. The van der Waals surface area contributed by atoms with E-state index in [4.69, 9.17) is 5.11 Å². The summed E-state index contributed by atoms with van der Waals surface area (Å²) in [6.45, 7) is 5.83. The molecule has 0 rings (SSSR count). The van der Waals surface area contributed by atoms with Crippen LogP contribution in [0.2, 0.25) is 0 Å². The summed E-state index contributed by atoms with van der Waals surface area (Å²) in [5.41, 5.74) is -0.297. The van der Waals surface area contributed by atoms with Gasteiger partial charge in [0.15, 0.2) is 0 Å². The SMILES string of the molecule is CN(CCC(=O)O)C(=O)NC(C)(C)C.